The quantitative estimate of drug-likeness (QED) is 0.773. The van der Waals surface area contributed by atoms with Gasteiger partial charge in [-0.25, -0.2) is 13.1 Å². The van der Waals surface area contributed by atoms with Gasteiger partial charge in [-0.2, -0.15) is 0 Å². The second-order valence-electron chi connectivity index (χ2n) is 5.76. The smallest absolute Gasteiger partial charge is 0.265 e. The molecule has 2 aliphatic rings. The summed E-state index contributed by atoms with van der Waals surface area (Å²) in [6.45, 7) is 5.55. The number of nitrogens with one attached hydrogen (secondary N) is 2. The van der Waals surface area contributed by atoms with Crippen LogP contribution in [0.5, 0.6) is 5.75 Å². The highest BCUT2D eigenvalue weighted by Crippen LogP contribution is 2.31. The van der Waals surface area contributed by atoms with Gasteiger partial charge < -0.3 is 14.8 Å². The first-order valence-corrected chi connectivity index (χ1v) is 9.35. The Morgan fingerprint density at radius 1 is 1.33 bits per heavy atom. The van der Waals surface area contributed by atoms with Crippen LogP contribution < -0.4 is 14.8 Å². The van der Waals surface area contributed by atoms with Crippen molar-refractivity contribution < 1.29 is 22.7 Å². The van der Waals surface area contributed by atoms with Crippen LogP contribution in [0.25, 0.3) is 0 Å². The zero-order chi connectivity index (χ0) is 17.2. The summed E-state index contributed by atoms with van der Waals surface area (Å²) in [6.07, 6.45) is -0.591. The van der Waals surface area contributed by atoms with Gasteiger partial charge in [0.25, 0.3) is 5.91 Å². The van der Waals surface area contributed by atoms with E-state index in [1.54, 1.807) is 13.0 Å². The molecule has 0 spiro atoms. The lowest BCUT2D eigenvalue weighted by molar-refractivity contribution is -0.122. The average Bonchev–Trinajstić information content (AvgIpc) is 2.56. The SMILES string of the molecule is C[C@H]1Oc2ccc(S(=O)(=O)NCCN3CCOCC3)cc2NC1=O. The van der Waals surface area contributed by atoms with E-state index in [0.717, 1.165) is 13.1 Å². The number of fused-ring (bicyclic) bond motifs is 1. The minimum Gasteiger partial charge on any atom is -0.479 e. The Bertz CT molecular complexity index is 716. The molecule has 0 unspecified atom stereocenters. The van der Waals surface area contributed by atoms with Crippen molar-refractivity contribution in [2.24, 2.45) is 0 Å². The standard InChI is InChI=1S/C15H21N3O5S/c1-11-15(19)17-13-10-12(2-3-14(13)23-11)24(20,21)16-4-5-18-6-8-22-9-7-18/h2-3,10-11,16H,4-9H2,1H3,(H,17,19)/t11-/m1/s1. The Morgan fingerprint density at radius 3 is 2.83 bits per heavy atom. The summed E-state index contributed by atoms with van der Waals surface area (Å²) in [6, 6.07) is 4.44. The molecule has 8 nitrogen and oxygen atoms in total. The lowest BCUT2D eigenvalue weighted by Gasteiger charge is -2.26. The normalized spacial score (nSPS) is 21.7. The molecule has 2 heterocycles. The molecule has 1 aromatic rings. The maximum atomic E-state index is 12.4. The maximum Gasteiger partial charge on any atom is 0.265 e. The number of amides is 1. The van der Waals surface area contributed by atoms with Crippen LogP contribution in [0.4, 0.5) is 5.69 Å². The fraction of sp³-hybridized carbons (Fsp3) is 0.533. The lowest BCUT2D eigenvalue weighted by atomic mass is 10.2. The number of anilines is 1. The molecule has 1 amide bonds. The van der Waals surface area contributed by atoms with E-state index in [0.29, 0.717) is 37.7 Å². The number of hydrogen-bond donors (Lipinski definition) is 2. The highest BCUT2D eigenvalue weighted by Gasteiger charge is 2.25. The molecule has 132 valence electrons. The highest BCUT2D eigenvalue weighted by atomic mass is 32.2. The molecule has 1 fully saturated rings. The Hall–Kier alpha value is -1.68. The van der Waals surface area contributed by atoms with E-state index in [9.17, 15) is 13.2 Å². The van der Waals surface area contributed by atoms with Crippen LogP contribution in [0.1, 0.15) is 6.92 Å². The number of morpholine rings is 1. The summed E-state index contributed by atoms with van der Waals surface area (Å²) in [4.78, 5) is 13.9. The number of hydrogen-bond acceptors (Lipinski definition) is 6. The lowest BCUT2D eigenvalue weighted by Crippen LogP contribution is -2.41. The third kappa shape index (κ3) is 3.86. The van der Waals surface area contributed by atoms with Crippen LogP contribution in [0.15, 0.2) is 23.1 Å². The summed E-state index contributed by atoms with van der Waals surface area (Å²) in [5.41, 5.74) is 0.370. The van der Waals surface area contributed by atoms with Gasteiger partial charge in [-0.3, -0.25) is 9.69 Å². The minimum atomic E-state index is -3.64. The zero-order valence-electron chi connectivity index (χ0n) is 13.4. The minimum absolute atomic E-state index is 0.0988. The van der Waals surface area contributed by atoms with Gasteiger partial charge in [0.2, 0.25) is 10.0 Å². The number of ether oxygens (including phenoxy) is 2. The monoisotopic (exact) mass is 355 g/mol. The summed E-state index contributed by atoms with van der Waals surface area (Å²) in [7, 11) is -3.64. The molecule has 0 bridgehead atoms. The fourth-order valence-corrected chi connectivity index (χ4v) is 3.65. The molecule has 9 heteroatoms. The molecule has 1 saturated heterocycles. The van der Waals surface area contributed by atoms with E-state index in [2.05, 4.69) is 14.9 Å². The Morgan fingerprint density at radius 2 is 2.08 bits per heavy atom. The molecule has 24 heavy (non-hydrogen) atoms. The predicted octanol–water partition coefficient (Wildman–Crippen LogP) is 0.0165. The van der Waals surface area contributed by atoms with Gasteiger partial charge in [0.1, 0.15) is 5.75 Å². The second-order valence-corrected chi connectivity index (χ2v) is 7.53. The van der Waals surface area contributed by atoms with E-state index in [1.807, 2.05) is 0 Å². The van der Waals surface area contributed by atoms with Gasteiger partial charge in [-0.1, -0.05) is 0 Å². The molecular weight excluding hydrogens is 334 g/mol. The topological polar surface area (TPSA) is 97.0 Å². The van der Waals surface area contributed by atoms with E-state index in [1.165, 1.54) is 12.1 Å². The van der Waals surface area contributed by atoms with Crippen LogP contribution in [0.3, 0.4) is 0 Å². The van der Waals surface area contributed by atoms with Crippen molar-refractivity contribution in [3.63, 3.8) is 0 Å². The molecule has 0 aromatic heterocycles. The van der Waals surface area contributed by atoms with Crippen molar-refractivity contribution in [3.8, 4) is 5.75 Å². The van der Waals surface area contributed by atoms with Gasteiger partial charge in [0.15, 0.2) is 6.10 Å². The van der Waals surface area contributed by atoms with Crippen molar-refractivity contribution in [3.05, 3.63) is 18.2 Å². The molecule has 0 radical (unpaired) electrons. The average molecular weight is 355 g/mol. The fourth-order valence-electron chi connectivity index (χ4n) is 2.60. The van der Waals surface area contributed by atoms with Gasteiger partial charge in [-0.05, 0) is 25.1 Å². The molecule has 0 saturated carbocycles. The molecule has 2 N–H and O–H groups in total. The number of carbonyl (C=O) groups is 1. The van der Waals surface area contributed by atoms with Crippen LogP contribution in [0.2, 0.25) is 0 Å². The Kier molecular flexibility index (Phi) is 5.04. The summed E-state index contributed by atoms with van der Waals surface area (Å²) < 4.78 is 38.1. The first-order chi connectivity index (χ1) is 11.5. The van der Waals surface area contributed by atoms with Gasteiger partial charge >= 0.3 is 0 Å². The van der Waals surface area contributed by atoms with E-state index < -0.39 is 16.1 Å². The van der Waals surface area contributed by atoms with Crippen molar-refractivity contribution in [1.82, 2.24) is 9.62 Å². The molecule has 3 rings (SSSR count). The highest BCUT2D eigenvalue weighted by molar-refractivity contribution is 7.89. The van der Waals surface area contributed by atoms with Crippen LogP contribution in [-0.2, 0) is 19.6 Å². The zero-order valence-corrected chi connectivity index (χ0v) is 14.3. The molecule has 2 aliphatic heterocycles. The van der Waals surface area contributed by atoms with Crippen molar-refractivity contribution in [2.45, 2.75) is 17.9 Å². The second kappa shape index (κ2) is 7.06. The molecular formula is C15H21N3O5S. The first-order valence-electron chi connectivity index (χ1n) is 7.87. The van der Waals surface area contributed by atoms with Crippen LogP contribution in [-0.4, -0.2) is 64.7 Å². The van der Waals surface area contributed by atoms with Gasteiger partial charge in [0.05, 0.1) is 23.8 Å². The van der Waals surface area contributed by atoms with Gasteiger partial charge in [0, 0.05) is 26.2 Å². The summed E-state index contributed by atoms with van der Waals surface area (Å²) in [5, 5.41) is 2.65. The third-order valence-electron chi connectivity index (χ3n) is 4.02. The number of sulfonamides is 1. The number of carbonyl (C=O) groups excluding carboxylic acids is 1. The van der Waals surface area contributed by atoms with E-state index in [4.69, 9.17) is 9.47 Å². The summed E-state index contributed by atoms with van der Waals surface area (Å²) in [5.74, 6) is 0.173. The molecule has 1 aromatic carbocycles. The van der Waals surface area contributed by atoms with Gasteiger partial charge in [-0.15, -0.1) is 0 Å². The van der Waals surface area contributed by atoms with Crippen molar-refractivity contribution in [1.29, 1.82) is 0 Å². The predicted molar refractivity (Wildman–Crippen MR) is 87.6 cm³/mol. The van der Waals surface area contributed by atoms with Crippen molar-refractivity contribution in [2.75, 3.05) is 44.7 Å². The number of rotatable bonds is 5. The largest absolute Gasteiger partial charge is 0.479 e. The molecule has 0 aliphatic carbocycles. The van der Waals surface area contributed by atoms with E-state index in [-0.39, 0.29) is 10.8 Å². The van der Waals surface area contributed by atoms with Crippen LogP contribution >= 0.6 is 0 Å². The van der Waals surface area contributed by atoms with Crippen LogP contribution in [0, 0.1) is 0 Å². The Labute approximate surface area is 141 Å². The Balaban J connectivity index is 1.64. The van der Waals surface area contributed by atoms with E-state index >= 15 is 0 Å². The van der Waals surface area contributed by atoms with Crippen molar-refractivity contribution >= 4 is 21.6 Å². The number of nitrogens with zero attached hydrogens (tertiary/aromatic N) is 1. The molecule has 1 atom stereocenters. The number of benzene rings is 1. The third-order valence-corrected chi connectivity index (χ3v) is 5.47. The first kappa shape index (κ1) is 17.2. The summed E-state index contributed by atoms with van der Waals surface area (Å²) >= 11 is 0. The maximum absolute atomic E-state index is 12.4.